The van der Waals surface area contributed by atoms with Crippen LogP contribution in [-0.4, -0.2) is 51.5 Å². The number of guanidine groups is 1. The lowest BCUT2D eigenvalue weighted by atomic mass is 10.0. The predicted molar refractivity (Wildman–Crippen MR) is 145 cm³/mol. The quantitative estimate of drug-likeness (QED) is 0.298. The van der Waals surface area contributed by atoms with E-state index in [1.54, 1.807) is 0 Å². The molecular formula is C26H37IN4O2. The molecule has 2 heterocycles. The first-order valence-electron chi connectivity index (χ1n) is 11.8. The van der Waals surface area contributed by atoms with Gasteiger partial charge in [-0.2, -0.15) is 0 Å². The molecule has 0 unspecified atom stereocenters. The van der Waals surface area contributed by atoms with Crippen LogP contribution in [0, 0.1) is 0 Å². The molecule has 0 amide bonds. The second-order valence-electron chi connectivity index (χ2n) is 8.61. The van der Waals surface area contributed by atoms with Crippen LogP contribution in [0.25, 0.3) is 0 Å². The van der Waals surface area contributed by atoms with Crippen molar-refractivity contribution < 1.29 is 9.47 Å². The molecule has 0 bridgehead atoms. The summed E-state index contributed by atoms with van der Waals surface area (Å²) in [5.41, 5.74) is 3.76. The molecule has 4 rings (SSSR count). The first-order chi connectivity index (χ1) is 15.8. The number of rotatable bonds is 7. The van der Waals surface area contributed by atoms with Crippen LogP contribution in [0.1, 0.15) is 36.8 Å². The lowest BCUT2D eigenvalue weighted by Crippen LogP contribution is -2.48. The summed E-state index contributed by atoms with van der Waals surface area (Å²) < 4.78 is 11.5. The van der Waals surface area contributed by atoms with Crippen molar-refractivity contribution in [3.8, 4) is 0 Å². The third-order valence-electron chi connectivity index (χ3n) is 6.29. The molecule has 0 aromatic heterocycles. The first kappa shape index (κ1) is 25.8. The van der Waals surface area contributed by atoms with Crippen LogP contribution < -0.4 is 15.5 Å². The van der Waals surface area contributed by atoms with Gasteiger partial charge in [0, 0.05) is 51.6 Å². The Bertz CT molecular complexity index is 850. The highest BCUT2D eigenvalue weighted by Crippen LogP contribution is 2.19. The van der Waals surface area contributed by atoms with Crippen molar-refractivity contribution >= 4 is 35.6 Å². The molecule has 0 atom stereocenters. The maximum atomic E-state index is 6.07. The van der Waals surface area contributed by atoms with Crippen molar-refractivity contribution in [1.29, 1.82) is 0 Å². The third-order valence-corrected chi connectivity index (χ3v) is 6.29. The fourth-order valence-corrected chi connectivity index (χ4v) is 4.38. The van der Waals surface area contributed by atoms with E-state index in [1.165, 1.54) is 16.8 Å². The molecule has 2 aliphatic rings. The van der Waals surface area contributed by atoms with Gasteiger partial charge in [0.2, 0.25) is 0 Å². The first-order valence-corrected chi connectivity index (χ1v) is 11.8. The minimum atomic E-state index is 0. The molecule has 0 spiro atoms. The summed E-state index contributed by atoms with van der Waals surface area (Å²) in [6.45, 7) is 5.15. The molecule has 2 fully saturated rings. The Hall–Kier alpha value is -1.84. The maximum Gasteiger partial charge on any atom is 0.191 e. The summed E-state index contributed by atoms with van der Waals surface area (Å²) in [4.78, 5) is 6.90. The molecule has 7 heteroatoms. The van der Waals surface area contributed by atoms with Crippen molar-refractivity contribution in [3.63, 3.8) is 0 Å². The zero-order valence-corrected chi connectivity index (χ0v) is 21.9. The van der Waals surface area contributed by atoms with E-state index in [1.807, 2.05) is 7.05 Å². The Morgan fingerprint density at radius 3 is 2.45 bits per heavy atom. The van der Waals surface area contributed by atoms with E-state index < -0.39 is 0 Å². The molecule has 0 radical (unpaired) electrons. The Balaban J connectivity index is 0.00000306. The fraction of sp³-hybridized carbons (Fsp3) is 0.500. The standard InChI is InChI=1S/C26H36N4O2.HI/c1-27-26(29-23-10-14-30(15-11-23)24-8-3-2-4-9-24)28-19-21-6-5-7-22(18-21)20-32-25-12-16-31-17-13-25;/h2-9,18,23,25H,10-17,19-20H2,1H3,(H2,27,28,29);1H. The molecular weight excluding hydrogens is 527 g/mol. The van der Waals surface area contributed by atoms with Gasteiger partial charge >= 0.3 is 0 Å². The van der Waals surface area contributed by atoms with Gasteiger partial charge in [-0.25, -0.2) is 0 Å². The number of nitrogens with one attached hydrogen (secondary N) is 2. The number of benzene rings is 2. The average molecular weight is 565 g/mol. The minimum absolute atomic E-state index is 0. The Morgan fingerprint density at radius 2 is 1.73 bits per heavy atom. The van der Waals surface area contributed by atoms with Gasteiger partial charge in [-0.3, -0.25) is 4.99 Å². The lowest BCUT2D eigenvalue weighted by molar-refractivity contribution is -0.0390. The highest BCUT2D eigenvalue weighted by atomic mass is 127. The number of hydrogen-bond acceptors (Lipinski definition) is 4. The molecule has 0 aliphatic carbocycles. The number of halogens is 1. The van der Waals surface area contributed by atoms with Crippen molar-refractivity contribution in [2.75, 3.05) is 38.3 Å². The summed E-state index contributed by atoms with van der Waals surface area (Å²) in [6, 6.07) is 19.7. The number of para-hydroxylation sites is 1. The smallest absolute Gasteiger partial charge is 0.191 e. The largest absolute Gasteiger partial charge is 0.381 e. The number of hydrogen-bond donors (Lipinski definition) is 2. The lowest BCUT2D eigenvalue weighted by Gasteiger charge is -2.34. The van der Waals surface area contributed by atoms with E-state index in [-0.39, 0.29) is 24.0 Å². The van der Waals surface area contributed by atoms with Crippen LogP contribution in [0.4, 0.5) is 5.69 Å². The van der Waals surface area contributed by atoms with Gasteiger partial charge < -0.3 is 25.0 Å². The molecule has 2 N–H and O–H groups in total. The highest BCUT2D eigenvalue weighted by molar-refractivity contribution is 14.0. The van der Waals surface area contributed by atoms with Crippen LogP contribution in [0.3, 0.4) is 0 Å². The van der Waals surface area contributed by atoms with E-state index in [0.717, 1.165) is 64.5 Å². The van der Waals surface area contributed by atoms with Gasteiger partial charge in [0.15, 0.2) is 5.96 Å². The normalized spacial score (nSPS) is 18.0. The molecule has 6 nitrogen and oxygen atoms in total. The molecule has 0 saturated carbocycles. The van der Waals surface area contributed by atoms with Crippen molar-refractivity contribution in [1.82, 2.24) is 10.6 Å². The SMILES string of the molecule is CN=C(NCc1cccc(COC2CCOCC2)c1)NC1CCN(c2ccccc2)CC1.I. The van der Waals surface area contributed by atoms with Crippen molar-refractivity contribution in [3.05, 3.63) is 65.7 Å². The molecule has 2 saturated heterocycles. The summed E-state index contributed by atoms with van der Waals surface area (Å²) in [5.74, 6) is 0.868. The zero-order chi connectivity index (χ0) is 22.0. The van der Waals surface area contributed by atoms with Gasteiger partial charge in [-0.1, -0.05) is 42.5 Å². The van der Waals surface area contributed by atoms with Gasteiger partial charge in [-0.15, -0.1) is 24.0 Å². The number of nitrogens with zero attached hydrogens (tertiary/aromatic N) is 2. The fourth-order valence-electron chi connectivity index (χ4n) is 4.38. The molecule has 2 aliphatic heterocycles. The summed E-state index contributed by atoms with van der Waals surface area (Å²) in [7, 11) is 1.84. The van der Waals surface area contributed by atoms with E-state index in [0.29, 0.717) is 18.8 Å². The van der Waals surface area contributed by atoms with Crippen LogP contribution in [0.15, 0.2) is 59.6 Å². The van der Waals surface area contributed by atoms with Crippen molar-refractivity contribution in [2.45, 2.75) is 51.0 Å². The summed E-state index contributed by atoms with van der Waals surface area (Å²) >= 11 is 0. The number of anilines is 1. The molecule has 180 valence electrons. The number of piperidine rings is 1. The van der Waals surface area contributed by atoms with Gasteiger partial charge in [0.05, 0.1) is 12.7 Å². The van der Waals surface area contributed by atoms with E-state index in [9.17, 15) is 0 Å². The zero-order valence-electron chi connectivity index (χ0n) is 19.5. The Morgan fingerprint density at radius 1 is 1.00 bits per heavy atom. The van der Waals surface area contributed by atoms with Crippen LogP contribution in [0.2, 0.25) is 0 Å². The Labute approximate surface area is 215 Å². The van der Waals surface area contributed by atoms with E-state index in [2.05, 4.69) is 75.1 Å². The number of aliphatic imine (C=N–C) groups is 1. The average Bonchev–Trinajstić information content (AvgIpc) is 2.87. The number of ether oxygens (including phenoxy) is 2. The van der Waals surface area contributed by atoms with Crippen molar-refractivity contribution in [2.24, 2.45) is 4.99 Å². The topological polar surface area (TPSA) is 58.1 Å². The van der Waals surface area contributed by atoms with Crippen LogP contribution in [0.5, 0.6) is 0 Å². The summed E-state index contributed by atoms with van der Waals surface area (Å²) in [5, 5.41) is 7.08. The van der Waals surface area contributed by atoms with Gasteiger partial charge in [0.25, 0.3) is 0 Å². The monoisotopic (exact) mass is 564 g/mol. The highest BCUT2D eigenvalue weighted by Gasteiger charge is 2.20. The molecule has 2 aromatic carbocycles. The van der Waals surface area contributed by atoms with Gasteiger partial charge in [-0.05, 0) is 48.9 Å². The maximum absolute atomic E-state index is 6.07. The molecule has 33 heavy (non-hydrogen) atoms. The van der Waals surface area contributed by atoms with E-state index in [4.69, 9.17) is 9.47 Å². The van der Waals surface area contributed by atoms with Crippen LogP contribution in [-0.2, 0) is 22.6 Å². The van der Waals surface area contributed by atoms with Crippen LogP contribution >= 0.6 is 24.0 Å². The second kappa shape index (κ2) is 13.8. The molecule has 2 aromatic rings. The minimum Gasteiger partial charge on any atom is -0.381 e. The third kappa shape index (κ3) is 8.15. The second-order valence-corrected chi connectivity index (χ2v) is 8.61. The summed E-state index contributed by atoms with van der Waals surface area (Å²) in [6.07, 6.45) is 4.52. The van der Waals surface area contributed by atoms with E-state index >= 15 is 0 Å². The van der Waals surface area contributed by atoms with Gasteiger partial charge in [0.1, 0.15) is 0 Å². The predicted octanol–water partition coefficient (Wildman–Crippen LogP) is 4.33. The Kier molecular flexibility index (Phi) is 10.8.